The van der Waals surface area contributed by atoms with E-state index in [0.717, 1.165) is 32.2 Å². The zero-order valence-corrected chi connectivity index (χ0v) is 16.9. The Labute approximate surface area is 164 Å². The predicted molar refractivity (Wildman–Crippen MR) is 111 cm³/mol. The highest BCUT2D eigenvalue weighted by atomic mass is 16.5. The van der Waals surface area contributed by atoms with Crippen molar-refractivity contribution in [2.24, 2.45) is 0 Å². The summed E-state index contributed by atoms with van der Waals surface area (Å²) in [4.78, 5) is 14.7. The molecule has 0 aliphatic carbocycles. The average molecular weight is 368 g/mol. The lowest BCUT2D eigenvalue weighted by Crippen LogP contribution is -2.39. The molecule has 2 unspecified atom stereocenters. The van der Waals surface area contributed by atoms with Gasteiger partial charge in [0.05, 0.1) is 13.5 Å². The fourth-order valence-electron chi connectivity index (χ4n) is 3.73. The third-order valence-corrected chi connectivity index (χ3v) is 5.17. The Morgan fingerprint density at radius 2 is 1.63 bits per heavy atom. The van der Waals surface area contributed by atoms with Crippen molar-refractivity contribution in [1.82, 2.24) is 4.90 Å². The quantitative estimate of drug-likeness (QED) is 0.473. The number of rotatable bonds is 11. The summed E-state index contributed by atoms with van der Waals surface area (Å²) in [5.74, 6) is -0.128. The molecular formula is C24H33NO2. The predicted octanol–water partition coefficient (Wildman–Crippen LogP) is 5.76. The molecule has 0 spiro atoms. The summed E-state index contributed by atoms with van der Waals surface area (Å²) in [6.45, 7) is 5.26. The molecule has 0 heterocycles. The molecule has 0 aromatic heterocycles. The fourth-order valence-corrected chi connectivity index (χ4v) is 3.73. The summed E-state index contributed by atoms with van der Waals surface area (Å²) in [6, 6.07) is 21.6. The monoisotopic (exact) mass is 367 g/mol. The molecule has 0 aliphatic heterocycles. The Balaban J connectivity index is 2.36. The number of hydrogen-bond donors (Lipinski definition) is 0. The summed E-state index contributed by atoms with van der Waals surface area (Å²) in [7, 11) is 1.48. The van der Waals surface area contributed by atoms with Crippen molar-refractivity contribution in [3.63, 3.8) is 0 Å². The zero-order chi connectivity index (χ0) is 19.5. The van der Waals surface area contributed by atoms with E-state index in [2.05, 4.69) is 73.3 Å². The van der Waals surface area contributed by atoms with Crippen molar-refractivity contribution in [3.05, 3.63) is 71.8 Å². The molecule has 3 nitrogen and oxygen atoms in total. The van der Waals surface area contributed by atoms with Gasteiger partial charge in [-0.05, 0) is 24.0 Å². The van der Waals surface area contributed by atoms with Gasteiger partial charge in [0.1, 0.15) is 0 Å². The highest BCUT2D eigenvalue weighted by Gasteiger charge is 2.28. The van der Waals surface area contributed by atoms with E-state index >= 15 is 0 Å². The second-order valence-electron chi connectivity index (χ2n) is 7.07. The van der Waals surface area contributed by atoms with Gasteiger partial charge in [-0.25, -0.2) is 0 Å². The van der Waals surface area contributed by atoms with Crippen molar-refractivity contribution in [2.75, 3.05) is 7.11 Å². The maximum Gasteiger partial charge on any atom is 0.307 e. The van der Waals surface area contributed by atoms with Crippen molar-refractivity contribution in [2.45, 2.75) is 64.6 Å². The Morgan fingerprint density at radius 3 is 2.19 bits per heavy atom. The molecule has 0 aliphatic rings. The molecule has 2 aromatic carbocycles. The molecule has 27 heavy (non-hydrogen) atoms. The third kappa shape index (κ3) is 6.51. The van der Waals surface area contributed by atoms with Crippen LogP contribution in [-0.4, -0.2) is 24.0 Å². The first-order valence-electron chi connectivity index (χ1n) is 10.1. The van der Waals surface area contributed by atoms with Gasteiger partial charge in [0.15, 0.2) is 0 Å². The molecule has 0 bridgehead atoms. The molecule has 0 saturated carbocycles. The Morgan fingerprint density at radius 1 is 1.00 bits per heavy atom. The van der Waals surface area contributed by atoms with Crippen LogP contribution in [0.1, 0.15) is 63.1 Å². The van der Waals surface area contributed by atoms with E-state index < -0.39 is 0 Å². The molecule has 2 rings (SSSR count). The number of nitrogens with zero attached hydrogens (tertiary/aromatic N) is 1. The Bertz CT molecular complexity index is 657. The first-order valence-corrected chi connectivity index (χ1v) is 10.1. The fraction of sp³-hybridized carbons (Fsp3) is 0.458. The third-order valence-electron chi connectivity index (χ3n) is 5.17. The number of benzene rings is 2. The number of ether oxygens (including phenoxy) is 1. The lowest BCUT2D eigenvalue weighted by atomic mass is 9.96. The number of hydrogen-bond acceptors (Lipinski definition) is 3. The molecule has 0 saturated heterocycles. The minimum atomic E-state index is -0.128. The van der Waals surface area contributed by atoms with Crippen LogP contribution in [0.4, 0.5) is 0 Å². The van der Waals surface area contributed by atoms with Crippen LogP contribution in [-0.2, 0) is 16.1 Å². The highest BCUT2D eigenvalue weighted by molar-refractivity contribution is 5.69. The van der Waals surface area contributed by atoms with Crippen LogP contribution in [0.2, 0.25) is 0 Å². The number of methoxy groups -OCH3 is 1. The van der Waals surface area contributed by atoms with Crippen LogP contribution in [0.15, 0.2) is 60.7 Å². The standard InChI is InChI=1S/C24H33NO2/c1-4-6-17-22(18-24(26)27-3)25(19-20-13-9-7-10-14-20)23(5-2)21-15-11-8-12-16-21/h7-16,22-23H,4-6,17-19H2,1-3H3. The number of carbonyl (C=O) groups excluding carboxylic acids is 1. The molecule has 3 heteroatoms. The van der Waals surface area contributed by atoms with Crippen molar-refractivity contribution in [3.8, 4) is 0 Å². The van der Waals surface area contributed by atoms with Gasteiger partial charge in [0, 0.05) is 18.6 Å². The van der Waals surface area contributed by atoms with Gasteiger partial charge in [0.25, 0.3) is 0 Å². The molecular weight excluding hydrogens is 334 g/mol. The van der Waals surface area contributed by atoms with Crippen LogP contribution in [0.3, 0.4) is 0 Å². The maximum absolute atomic E-state index is 12.1. The van der Waals surface area contributed by atoms with Gasteiger partial charge in [-0.2, -0.15) is 0 Å². The van der Waals surface area contributed by atoms with Crippen LogP contribution < -0.4 is 0 Å². The van der Waals surface area contributed by atoms with Crippen LogP contribution in [0.5, 0.6) is 0 Å². The second-order valence-corrected chi connectivity index (χ2v) is 7.07. The van der Waals surface area contributed by atoms with Gasteiger partial charge >= 0.3 is 5.97 Å². The van der Waals surface area contributed by atoms with Crippen LogP contribution >= 0.6 is 0 Å². The molecule has 0 N–H and O–H groups in total. The molecule has 0 amide bonds. The largest absolute Gasteiger partial charge is 0.469 e. The Kier molecular flexibility index (Phi) is 9.06. The molecule has 146 valence electrons. The first kappa shape index (κ1) is 21.2. The zero-order valence-electron chi connectivity index (χ0n) is 16.9. The molecule has 0 radical (unpaired) electrons. The van der Waals surface area contributed by atoms with Crippen molar-refractivity contribution < 1.29 is 9.53 Å². The topological polar surface area (TPSA) is 29.5 Å². The summed E-state index contributed by atoms with van der Waals surface area (Å²) < 4.78 is 5.01. The number of unbranched alkanes of at least 4 members (excludes halogenated alkanes) is 1. The summed E-state index contributed by atoms with van der Waals surface area (Å²) in [6.07, 6.45) is 4.67. The van der Waals surface area contributed by atoms with Crippen molar-refractivity contribution in [1.29, 1.82) is 0 Å². The van der Waals surface area contributed by atoms with E-state index in [1.165, 1.54) is 18.2 Å². The molecule has 0 fully saturated rings. The average Bonchev–Trinajstić information content (AvgIpc) is 2.72. The summed E-state index contributed by atoms with van der Waals surface area (Å²) in [5.41, 5.74) is 2.58. The molecule has 2 atom stereocenters. The smallest absolute Gasteiger partial charge is 0.307 e. The Hall–Kier alpha value is -2.13. The van der Waals surface area contributed by atoms with E-state index in [1.54, 1.807) is 0 Å². The maximum atomic E-state index is 12.1. The summed E-state index contributed by atoms with van der Waals surface area (Å²) in [5, 5.41) is 0. The van der Waals surface area contributed by atoms with Gasteiger partial charge in [-0.1, -0.05) is 87.4 Å². The number of carbonyl (C=O) groups is 1. The minimum Gasteiger partial charge on any atom is -0.469 e. The van der Waals surface area contributed by atoms with E-state index in [-0.39, 0.29) is 18.1 Å². The van der Waals surface area contributed by atoms with Gasteiger partial charge in [-0.15, -0.1) is 0 Å². The van der Waals surface area contributed by atoms with Gasteiger partial charge < -0.3 is 4.74 Å². The van der Waals surface area contributed by atoms with Crippen LogP contribution in [0, 0.1) is 0 Å². The van der Waals surface area contributed by atoms with Crippen LogP contribution in [0.25, 0.3) is 0 Å². The minimum absolute atomic E-state index is 0.128. The van der Waals surface area contributed by atoms with E-state index in [4.69, 9.17) is 4.74 Å². The normalized spacial score (nSPS) is 13.3. The van der Waals surface area contributed by atoms with E-state index in [0.29, 0.717) is 6.42 Å². The second kappa shape index (κ2) is 11.6. The number of esters is 1. The van der Waals surface area contributed by atoms with E-state index in [1.807, 2.05) is 6.07 Å². The lowest BCUT2D eigenvalue weighted by molar-refractivity contribution is -0.142. The first-order chi connectivity index (χ1) is 13.2. The SMILES string of the molecule is CCCCC(CC(=O)OC)N(Cc1ccccc1)C(CC)c1ccccc1. The van der Waals surface area contributed by atoms with E-state index in [9.17, 15) is 4.79 Å². The van der Waals surface area contributed by atoms with Gasteiger partial charge in [-0.3, -0.25) is 9.69 Å². The summed E-state index contributed by atoms with van der Waals surface area (Å²) >= 11 is 0. The molecule has 2 aromatic rings. The highest BCUT2D eigenvalue weighted by Crippen LogP contribution is 2.31. The van der Waals surface area contributed by atoms with Crippen molar-refractivity contribution >= 4 is 5.97 Å². The lowest BCUT2D eigenvalue weighted by Gasteiger charge is -2.38. The van der Waals surface area contributed by atoms with Gasteiger partial charge in [0.2, 0.25) is 0 Å².